The van der Waals surface area contributed by atoms with Crippen molar-refractivity contribution in [2.24, 2.45) is 0 Å². The van der Waals surface area contributed by atoms with Gasteiger partial charge in [-0.3, -0.25) is 14.3 Å². The van der Waals surface area contributed by atoms with E-state index in [0.717, 1.165) is 93.0 Å². The molecule has 0 aliphatic carbocycles. The fourth-order valence-corrected chi connectivity index (χ4v) is 4.78. The van der Waals surface area contributed by atoms with Crippen LogP contribution in [0, 0.1) is 0 Å². The molecule has 2 aliphatic heterocycles. The van der Waals surface area contributed by atoms with E-state index in [0.29, 0.717) is 13.0 Å². The number of piperazine rings is 1. The standard InChI is InChI=1S/C27H33N3O3/c31-26(30-20-22-8-3-4-9-23(22)21-30)12-2-1-5-13-28-14-16-29(17-15-28)24-10-6-11-25-27(24)33-19-7-18-32-25/h3-4,6,8-11,20-21H,1-2,5,7,12-19H2. The van der Waals surface area contributed by atoms with Gasteiger partial charge in [0.2, 0.25) is 5.91 Å². The van der Waals surface area contributed by atoms with Gasteiger partial charge in [0.05, 0.1) is 18.9 Å². The molecule has 174 valence electrons. The summed E-state index contributed by atoms with van der Waals surface area (Å²) in [5.74, 6) is 1.96. The van der Waals surface area contributed by atoms with Crippen molar-refractivity contribution < 1.29 is 14.3 Å². The highest BCUT2D eigenvalue weighted by Gasteiger charge is 2.22. The van der Waals surface area contributed by atoms with Gasteiger partial charge in [-0.25, -0.2) is 0 Å². The maximum atomic E-state index is 12.5. The van der Waals surface area contributed by atoms with Gasteiger partial charge in [0.25, 0.3) is 0 Å². The largest absolute Gasteiger partial charge is 0.489 e. The Bertz CT molecular complexity index is 1050. The number of para-hydroxylation sites is 1. The summed E-state index contributed by atoms with van der Waals surface area (Å²) in [7, 11) is 0. The summed E-state index contributed by atoms with van der Waals surface area (Å²) in [6.45, 7) is 6.64. The first-order valence-electron chi connectivity index (χ1n) is 12.2. The highest BCUT2D eigenvalue weighted by atomic mass is 16.5. The normalized spacial score (nSPS) is 16.7. The first kappa shape index (κ1) is 21.8. The number of rotatable bonds is 7. The van der Waals surface area contributed by atoms with E-state index in [1.54, 1.807) is 4.57 Å². The van der Waals surface area contributed by atoms with E-state index >= 15 is 0 Å². The van der Waals surface area contributed by atoms with E-state index in [1.165, 1.54) is 0 Å². The lowest BCUT2D eigenvalue weighted by Crippen LogP contribution is -2.46. The Kier molecular flexibility index (Phi) is 6.81. The molecule has 0 unspecified atom stereocenters. The Balaban J connectivity index is 1.03. The van der Waals surface area contributed by atoms with E-state index in [9.17, 15) is 4.79 Å². The predicted octanol–water partition coefficient (Wildman–Crippen LogP) is 4.83. The van der Waals surface area contributed by atoms with Crippen LogP contribution in [-0.2, 0) is 0 Å². The molecule has 2 aromatic carbocycles. The Hall–Kier alpha value is -2.99. The lowest BCUT2D eigenvalue weighted by Gasteiger charge is -2.36. The number of nitrogens with zero attached hydrogens (tertiary/aromatic N) is 3. The summed E-state index contributed by atoms with van der Waals surface area (Å²) in [5, 5.41) is 2.24. The van der Waals surface area contributed by atoms with Crippen molar-refractivity contribution in [1.82, 2.24) is 9.47 Å². The van der Waals surface area contributed by atoms with E-state index in [1.807, 2.05) is 42.7 Å². The van der Waals surface area contributed by atoms with Gasteiger partial charge in [0.1, 0.15) is 0 Å². The van der Waals surface area contributed by atoms with Crippen molar-refractivity contribution in [2.75, 3.05) is 50.8 Å². The first-order chi connectivity index (χ1) is 16.3. The monoisotopic (exact) mass is 447 g/mol. The molecule has 6 heteroatoms. The molecule has 5 rings (SSSR count). The van der Waals surface area contributed by atoms with Crippen molar-refractivity contribution in [3.63, 3.8) is 0 Å². The van der Waals surface area contributed by atoms with E-state index in [-0.39, 0.29) is 5.91 Å². The average molecular weight is 448 g/mol. The molecule has 0 radical (unpaired) electrons. The number of unbranched alkanes of at least 4 members (excludes halogenated alkanes) is 2. The van der Waals surface area contributed by atoms with Crippen molar-refractivity contribution in [1.29, 1.82) is 0 Å². The number of hydrogen-bond donors (Lipinski definition) is 0. The summed E-state index contributed by atoms with van der Waals surface area (Å²) >= 11 is 0. The molecule has 0 spiro atoms. The number of ether oxygens (including phenoxy) is 2. The lowest BCUT2D eigenvalue weighted by atomic mass is 10.1. The molecular formula is C27H33N3O3. The van der Waals surface area contributed by atoms with Crippen LogP contribution in [0.3, 0.4) is 0 Å². The molecular weight excluding hydrogens is 414 g/mol. The van der Waals surface area contributed by atoms with Crippen LogP contribution in [-0.4, -0.2) is 61.3 Å². The Morgan fingerprint density at radius 1 is 0.818 bits per heavy atom. The Labute approximate surface area is 195 Å². The smallest absolute Gasteiger partial charge is 0.230 e. The van der Waals surface area contributed by atoms with Gasteiger partial charge in [-0.05, 0) is 42.3 Å². The molecule has 1 aromatic heterocycles. The van der Waals surface area contributed by atoms with Crippen molar-refractivity contribution in [3.05, 3.63) is 54.9 Å². The zero-order chi connectivity index (χ0) is 22.5. The minimum absolute atomic E-state index is 0.188. The number of benzene rings is 2. The predicted molar refractivity (Wildman–Crippen MR) is 132 cm³/mol. The number of hydrogen-bond acceptors (Lipinski definition) is 5. The molecule has 6 nitrogen and oxygen atoms in total. The second kappa shape index (κ2) is 10.3. The Morgan fingerprint density at radius 3 is 2.36 bits per heavy atom. The highest BCUT2D eigenvalue weighted by molar-refractivity contribution is 5.89. The van der Waals surface area contributed by atoms with Crippen molar-refractivity contribution in [3.8, 4) is 11.5 Å². The lowest BCUT2D eigenvalue weighted by molar-refractivity contribution is 0.0899. The fraction of sp³-hybridized carbons (Fsp3) is 0.444. The van der Waals surface area contributed by atoms with Crippen LogP contribution in [0.25, 0.3) is 10.8 Å². The molecule has 3 aromatic rings. The zero-order valence-electron chi connectivity index (χ0n) is 19.2. The van der Waals surface area contributed by atoms with Crippen molar-refractivity contribution >= 4 is 22.4 Å². The van der Waals surface area contributed by atoms with E-state index in [4.69, 9.17) is 9.47 Å². The van der Waals surface area contributed by atoms with E-state index < -0.39 is 0 Å². The third-order valence-electron chi connectivity index (χ3n) is 6.67. The van der Waals surface area contributed by atoms with Gasteiger partial charge < -0.3 is 14.4 Å². The molecule has 0 saturated carbocycles. The van der Waals surface area contributed by atoms with E-state index in [2.05, 4.69) is 21.9 Å². The van der Waals surface area contributed by atoms with Gasteiger partial charge in [0.15, 0.2) is 11.5 Å². The SMILES string of the molecule is O=C(CCCCCN1CCN(c2cccc3c2OCCCO3)CC1)n1cc2ccccc2c1. The van der Waals surface area contributed by atoms with Crippen LogP contribution in [0.4, 0.5) is 5.69 Å². The van der Waals surface area contributed by atoms with Crippen LogP contribution in [0.1, 0.15) is 36.9 Å². The molecule has 0 N–H and O–H groups in total. The summed E-state index contributed by atoms with van der Waals surface area (Å²) < 4.78 is 13.6. The maximum Gasteiger partial charge on any atom is 0.230 e. The summed E-state index contributed by atoms with van der Waals surface area (Å²) in [6, 6.07) is 14.3. The maximum absolute atomic E-state index is 12.5. The number of anilines is 1. The number of fused-ring (bicyclic) bond motifs is 2. The number of aromatic nitrogens is 1. The molecule has 0 bridgehead atoms. The second-order valence-corrected chi connectivity index (χ2v) is 8.98. The van der Waals surface area contributed by atoms with Gasteiger partial charge >= 0.3 is 0 Å². The topological polar surface area (TPSA) is 46.9 Å². The van der Waals surface area contributed by atoms with Crippen LogP contribution >= 0.6 is 0 Å². The molecule has 33 heavy (non-hydrogen) atoms. The molecule has 0 atom stereocenters. The van der Waals surface area contributed by atoms with Gasteiger partial charge in [-0.2, -0.15) is 0 Å². The molecule has 2 aliphatic rings. The third-order valence-corrected chi connectivity index (χ3v) is 6.67. The second-order valence-electron chi connectivity index (χ2n) is 8.98. The minimum Gasteiger partial charge on any atom is -0.489 e. The Morgan fingerprint density at radius 2 is 1.58 bits per heavy atom. The zero-order valence-corrected chi connectivity index (χ0v) is 19.2. The fourth-order valence-electron chi connectivity index (χ4n) is 4.78. The van der Waals surface area contributed by atoms with Crippen LogP contribution < -0.4 is 14.4 Å². The molecule has 0 amide bonds. The number of carbonyl (C=O) groups is 1. The molecule has 1 saturated heterocycles. The minimum atomic E-state index is 0.188. The van der Waals surface area contributed by atoms with Crippen LogP contribution in [0.5, 0.6) is 11.5 Å². The summed E-state index contributed by atoms with van der Waals surface area (Å²) in [6.07, 6.45) is 8.59. The number of carbonyl (C=O) groups excluding carboxylic acids is 1. The molecule has 1 fully saturated rings. The van der Waals surface area contributed by atoms with Gasteiger partial charge in [-0.1, -0.05) is 36.8 Å². The third kappa shape index (κ3) is 5.17. The van der Waals surface area contributed by atoms with Crippen LogP contribution in [0.15, 0.2) is 54.9 Å². The quantitative estimate of drug-likeness (QED) is 0.486. The average Bonchev–Trinajstić information content (AvgIpc) is 3.14. The van der Waals surface area contributed by atoms with Crippen LogP contribution in [0.2, 0.25) is 0 Å². The molecule has 3 heterocycles. The van der Waals surface area contributed by atoms with Gasteiger partial charge in [0, 0.05) is 51.4 Å². The highest BCUT2D eigenvalue weighted by Crippen LogP contribution is 2.39. The van der Waals surface area contributed by atoms with Gasteiger partial charge in [-0.15, -0.1) is 0 Å². The summed E-state index contributed by atoms with van der Waals surface area (Å²) in [4.78, 5) is 17.5. The van der Waals surface area contributed by atoms with Crippen molar-refractivity contribution in [2.45, 2.75) is 32.1 Å². The summed E-state index contributed by atoms with van der Waals surface area (Å²) in [5.41, 5.74) is 1.16. The first-order valence-corrected chi connectivity index (χ1v) is 12.2.